The molecule has 12 heavy (non-hydrogen) atoms. The number of aldehydes is 1. The molecule has 4 heteroatoms. The zero-order chi connectivity index (χ0) is 8.85. The summed E-state index contributed by atoms with van der Waals surface area (Å²) in [5.74, 6) is -0.876. The largest absolute Gasteiger partial charge is 0.303 e. The van der Waals surface area contributed by atoms with E-state index in [1.165, 1.54) is 13.8 Å². The molecule has 0 heterocycles. The van der Waals surface area contributed by atoms with E-state index in [-0.39, 0.29) is 35.3 Å². The highest BCUT2D eigenvalue weighted by Crippen LogP contribution is 2.07. The molecule has 0 spiro atoms. The summed E-state index contributed by atoms with van der Waals surface area (Å²) in [5, 5.41) is 0. The molecule has 0 aliphatic heterocycles. The summed E-state index contributed by atoms with van der Waals surface area (Å²) in [6.07, 6.45) is 1.36. The van der Waals surface area contributed by atoms with Gasteiger partial charge in [-0.05, 0) is 20.3 Å². The summed E-state index contributed by atoms with van der Waals surface area (Å²) in [6, 6.07) is 0. The number of Topliss-reactive ketones (excluding diaryl/α,β-unsaturated/α-hetero) is 2. The topological polar surface area (TPSA) is 51.2 Å². The van der Waals surface area contributed by atoms with Crippen LogP contribution in [0.2, 0.25) is 0 Å². The Morgan fingerprint density at radius 3 is 1.92 bits per heavy atom. The van der Waals surface area contributed by atoms with Crippen LogP contribution < -0.4 is 0 Å². The lowest BCUT2D eigenvalue weighted by Crippen LogP contribution is -2.19. The van der Waals surface area contributed by atoms with Crippen LogP contribution in [0.25, 0.3) is 0 Å². The number of rotatable bonds is 5. The first-order chi connectivity index (χ1) is 5.09. The van der Waals surface area contributed by atoms with Crippen LogP contribution in [-0.4, -0.2) is 35.2 Å². The van der Waals surface area contributed by atoms with Crippen molar-refractivity contribution in [1.29, 1.82) is 0 Å². The highest BCUT2D eigenvalue weighted by atomic mass is 27.0. The molecule has 0 aliphatic carbocycles. The molecule has 0 saturated heterocycles. The predicted octanol–water partition coefficient (Wildman–Crippen LogP) is -0.424. The van der Waals surface area contributed by atoms with Gasteiger partial charge in [-0.15, -0.1) is 0 Å². The molecule has 3 nitrogen and oxygen atoms in total. The summed E-state index contributed by atoms with van der Waals surface area (Å²) in [6.45, 7) is 2.74. The first kappa shape index (κ1) is 14.1. The Balaban J connectivity index is 0. The van der Waals surface area contributed by atoms with E-state index in [1.54, 1.807) is 0 Å². The van der Waals surface area contributed by atoms with Gasteiger partial charge in [0, 0.05) is 6.42 Å². The highest BCUT2D eigenvalue weighted by Gasteiger charge is 2.17. The Morgan fingerprint density at radius 2 is 1.67 bits per heavy atom. The molecular formula is C8H15AlO3. The Kier molecular flexibility index (Phi) is 8.46. The summed E-state index contributed by atoms with van der Waals surface area (Å²) < 4.78 is 0. The fourth-order valence-corrected chi connectivity index (χ4v) is 0.927. The molecule has 68 valence electrons. The third kappa shape index (κ3) is 5.23. The zero-order valence-corrected chi connectivity index (χ0v) is 6.79. The van der Waals surface area contributed by atoms with Gasteiger partial charge >= 0.3 is 0 Å². The highest BCUT2D eigenvalue weighted by molar-refractivity contribution is 6.00. The summed E-state index contributed by atoms with van der Waals surface area (Å²) in [4.78, 5) is 31.4. The lowest BCUT2D eigenvalue weighted by molar-refractivity contribution is -0.130. The molecule has 0 fully saturated rings. The van der Waals surface area contributed by atoms with Crippen molar-refractivity contribution in [2.24, 2.45) is 5.92 Å². The van der Waals surface area contributed by atoms with Gasteiger partial charge in [0.1, 0.15) is 17.9 Å². The lowest BCUT2D eigenvalue weighted by Gasteiger charge is -2.06. The third-order valence-electron chi connectivity index (χ3n) is 1.55. The molecular weight excluding hydrogens is 171 g/mol. The maximum absolute atomic E-state index is 10.8. The van der Waals surface area contributed by atoms with E-state index in [1.807, 2.05) is 0 Å². The van der Waals surface area contributed by atoms with E-state index < -0.39 is 5.92 Å². The first-order valence-electron chi connectivity index (χ1n) is 3.54. The second-order valence-electron chi connectivity index (χ2n) is 2.52. The van der Waals surface area contributed by atoms with Crippen molar-refractivity contribution in [3.8, 4) is 0 Å². The summed E-state index contributed by atoms with van der Waals surface area (Å²) >= 11 is 0. The van der Waals surface area contributed by atoms with Gasteiger partial charge in [0.25, 0.3) is 0 Å². The molecule has 0 unspecified atom stereocenters. The third-order valence-corrected chi connectivity index (χ3v) is 1.55. The predicted molar refractivity (Wildman–Crippen MR) is 50.1 cm³/mol. The van der Waals surface area contributed by atoms with Crippen LogP contribution in [0.1, 0.15) is 26.7 Å². The molecule has 0 aromatic heterocycles. The van der Waals surface area contributed by atoms with Crippen molar-refractivity contribution in [2.75, 3.05) is 0 Å². The van der Waals surface area contributed by atoms with E-state index in [2.05, 4.69) is 0 Å². The second-order valence-corrected chi connectivity index (χ2v) is 2.52. The van der Waals surface area contributed by atoms with Gasteiger partial charge in [0.15, 0.2) is 17.4 Å². The van der Waals surface area contributed by atoms with Gasteiger partial charge in [0.05, 0.1) is 5.92 Å². The maximum Gasteiger partial charge on any atom is 0.187 e. The van der Waals surface area contributed by atoms with Crippen molar-refractivity contribution < 1.29 is 14.4 Å². The average Bonchev–Trinajstić information content (AvgIpc) is 1.87. The maximum atomic E-state index is 10.8. The van der Waals surface area contributed by atoms with Crippen LogP contribution in [-0.2, 0) is 14.4 Å². The van der Waals surface area contributed by atoms with Crippen molar-refractivity contribution in [3.05, 3.63) is 0 Å². The SMILES string of the molecule is CC(=O)C(CCC=O)C(C)=O.[AlH3]. The molecule has 0 N–H and O–H groups in total. The van der Waals surface area contributed by atoms with Crippen LogP contribution in [0.3, 0.4) is 0 Å². The number of hydrogen-bond acceptors (Lipinski definition) is 3. The monoisotopic (exact) mass is 186 g/mol. The quantitative estimate of drug-likeness (QED) is 0.333. The molecule has 0 atom stereocenters. The number of carbonyl (C=O) groups is 3. The Morgan fingerprint density at radius 1 is 1.25 bits per heavy atom. The van der Waals surface area contributed by atoms with Gasteiger partial charge in [0.2, 0.25) is 0 Å². The lowest BCUT2D eigenvalue weighted by atomic mass is 9.96. The van der Waals surface area contributed by atoms with Gasteiger partial charge in [-0.3, -0.25) is 9.59 Å². The van der Waals surface area contributed by atoms with Crippen LogP contribution in [0, 0.1) is 5.92 Å². The minimum absolute atomic E-state index is 0. The normalized spacial score (nSPS) is 8.92. The second kappa shape index (κ2) is 7.21. The van der Waals surface area contributed by atoms with Gasteiger partial charge in [-0.2, -0.15) is 0 Å². The standard InChI is InChI=1S/C8H12O3.Al.3H/c1-6(10)8(7(2)11)4-3-5-9;;;;/h5,8H,3-4H2,1-2H3;;;;. The van der Waals surface area contributed by atoms with Crippen molar-refractivity contribution in [1.82, 2.24) is 0 Å². The summed E-state index contributed by atoms with van der Waals surface area (Å²) in [7, 11) is 0. The van der Waals surface area contributed by atoms with Crippen LogP contribution in [0.5, 0.6) is 0 Å². The minimum Gasteiger partial charge on any atom is -0.303 e. The zero-order valence-electron chi connectivity index (χ0n) is 6.79. The van der Waals surface area contributed by atoms with E-state index in [0.717, 1.165) is 6.29 Å². The fraction of sp³-hybridized carbons (Fsp3) is 0.625. The van der Waals surface area contributed by atoms with Gasteiger partial charge < -0.3 is 4.79 Å². The summed E-state index contributed by atoms with van der Waals surface area (Å²) in [5.41, 5.74) is 0. The molecule has 0 saturated carbocycles. The van der Waals surface area contributed by atoms with Crippen LogP contribution in [0.4, 0.5) is 0 Å². The Hall–Kier alpha value is -0.458. The number of carbonyl (C=O) groups excluding carboxylic acids is 3. The van der Waals surface area contributed by atoms with Crippen molar-refractivity contribution >= 4 is 35.2 Å². The fourth-order valence-electron chi connectivity index (χ4n) is 0.927. The molecule has 0 bridgehead atoms. The molecule has 0 radical (unpaired) electrons. The smallest absolute Gasteiger partial charge is 0.187 e. The van der Waals surface area contributed by atoms with E-state index in [4.69, 9.17) is 0 Å². The molecule has 0 rings (SSSR count). The van der Waals surface area contributed by atoms with Crippen molar-refractivity contribution in [2.45, 2.75) is 26.7 Å². The minimum atomic E-state index is -0.569. The van der Waals surface area contributed by atoms with Crippen LogP contribution >= 0.6 is 0 Å². The van der Waals surface area contributed by atoms with Gasteiger partial charge in [-0.1, -0.05) is 0 Å². The Labute approximate surface area is 82.7 Å². The molecule has 0 aromatic rings. The van der Waals surface area contributed by atoms with E-state index in [9.17, 15) is 14.4 Å². The number of ketones is 2. The van der Waals surface area contributed by atoms with E-state index in [0.29, 0.717) is 6.42 Å². The Bertz CT molecular complexity index is 163. The molecule has 0 aliphatic rings. The average molecular weight is 186 g/mol. The molecule has 0 aromatic carbocycles. The van der Waals surface area contributed by atoms with Gasteiger partial charge in [-0.25, -0.2) is 0 Å². The van der Waals surface area contributed by atoms with Crippen LogP contribution in [0.15, 0.2) is 0 Å². The molecule has 0 amide bonds. The number of hydrogen-bond donors (Lipinski definition) is 0. The van der Waals surface area contributed by atoms with Crippen molar-refractivity contribution in [3.63, 3.8) is 0 Å². The van der Waals surface area contributed by atoms with E-state index >= 15 is 0 Å². The first-order valence-corrected chi connectivity index (χ1v) is 3.54.